The van der Waals surface area contributed by atoms with Gasteiger partial charge in [-0.15, -0.1) is 0 Å². The van der Waals surface area contributed by atoms with Crippen LogP contribution in [-0.2, 0) is 4.79 Å². The van der Waals surface area contributed by atoms with Crippen molar-refractivity contribution in [2.45, 2.75) is 12.1 Å². The van der Waals surface area contributed by atoms with Gasteiger partial charge in [-0.1, -0.05) is 36.0 Å². The van der Waals surface area contributed by atoms with Crippen molar-refractivity contribution in [3.8, 4) is 0 Å². The van der Waals surface area contributed by atoms with E-state index in [1.807, 2.05) is 18.2 Å². The summed E-state index contributed by atoms with van der Waals surface area (Å²) >= 11 is 1.16. The summed E-state index contributed by atoms with van der Waals surface area (Å²) in [4.78, 5) is 26.5. The van der Waals surface area contributed by atoms with E-state index < -0.39 is 4.92 Å². The number of carbonyl (C=O) groups excluding carboxylic acids is 1. The summed E-state index contributed by atoms with van der Waals surface area (Å²) in [6.07, 6.45) is 0. The molecule has 0 bridgehead atoms. The van der Waals surface area contributed by atoms with Crippen LogP contribution in [-0.4, -0.2) is 27.3 Å². The van der Waals surface area contributed by atoms with Crippen LogP contribution in [0.2, 0.25) is 0 Å². The van der Waals surface area contributed by atoms with E-state index in [1.54, 1.807) is 25.1 Å². The Labute approximate surface area is 152 Å². The Morgan fingerprint density at radius 1 is 1.31 bits per heavy atom. The van der Waals surface area contributed by atoms with E-state index in [2.05, 4.69) is 15.5 Å². The predicted octanol–water partition coefficient (Wildman–Crippen LogP) is 3.37. The number of non-ortho nitro benzene ring substituents is 1. The summed E-state index contributed by atoms with van der Waals surface area (Å²) in [6.45, 7) is 1.66. The molecule has 0 saturated heterocycles. The minimum Gasteiger partial charge on any atom is -0.431 e. The summed E-state index contributed by atoms with van der Waals surface area (Å²) < 4.78 is 5.52. The van der Waals surface area contributed by atoms with E-state index in [0.29, 0.717) is 22.1 Å². The lowest BCUT2D eigenvalue weighted by atomic mass is 10.1. The number of nitrogens with one attached hydrogen (secondary N) is 1. The molecule has 0 aliphatic carbocycles. The highest BCUT2D eigenvalue weighted by molar-refractivity contribution is 7.99. The van der Waals surface area contributed by atoms with E-state index >= 15 is 0 Å². The predicted molar refractivity (Wildman–Crippen MR) is 98.2 cm³/mol. The maximum atomic E-state index is 11.9. The number of benzene rings is 2. The molecule has 1 aromatic heterocycles. The van der Waals surface area contributed by atoms with Crippen LogP contribution >= 0.6 is 11.8 Å². The molecule has 0 aliphatic rings. The maximum absolute atomic E-state index is 11.9. The monoisotopic (exact) mass is 370 g/mol. The van der Waals surface area contributed by atoms with Gasteiger partial charge in [0.05, 0.1) is 16.4 Å². The van der Waals surface area contributed by atoms with E-state index in [9.17, 15) is 14.9 Å². The zero-order chi connectivity index (χ0) is 18.5. The van der Waals surface area contributed by atoms with Crippen LogP contribution in [0.4, 0.5) is 5.69 Å². The first kappa shape index (κ1) is 17.6. The van der Waals surface area contributed by atoms with Crippen LogP contribution in [0.5, 0.6) is 0 Å². The van der Waals surface area contributed by atoms with Crippen molar-refractivity contribution in [2.24, 2.45) is 5.10 Å². The smallest absolute Gasteiger partial charge is 0.270 e. The number of thioether (sulfide) groups is 1. The Morgan fingerprint density at radius 2 is 2.12 bits per heavy atom. The van der Waals surface area contributed by atoms with Crippen LogP contribution in [0.25, 0.3) is 11.1 Å². The number of nitrogens with zero attached hydrogens (tertiary/aromatic N) is 3. The van der Waals surface area contributed by atoms with E-state index in [1.165, 1.54) is 12.1 Å². The van der Waals surface area contributed by atoms with Crippen molar-refractivity contribution in [3.63, 3.8) is 0 Å². The molecule has 1 N–H and O–H groups in total. The molecule has 0 atom stereocenters. The first-order valence-electron chi connectivity index (χ1n) is 7.59. The fourth-order valence-corrected chi connectivity index (χ4v) is 2.76. The number of hydrogen-bond acceptors (Lipinski definition) is 7. The number of fused-ring (bicyclic) bond motifs is 1. The van der Waals surface area contributed by atoms with Crippen molar-refractivity contribution in [1.29, 1.82) is 0 Å². The second-order valence-corrected chi connectivity index (χ2v) is 6.20. The van der Waals surface area contributed by atoms with Crippen molar-refractivity contribution in [3.05, 3.63) is 64.2 Å². The lowest BCUT2D eigenvalue weighted by Gasteiger charge is -2.02. The number of para-hydroxylation sites is 2. The Hall–Kier alpha value is -3.20. The molecule has 3 rings (SSSR count). The fraction of sp³-hybridized carbons (Fsp3) is 0.118. The van der Waals surface area contributed by atoms with E-state index in [4.69, 9.17) is 4.42 Å². The van der Waals surface area contributed by atoms with Gasteiger partial charge in [0.15, 0.2) is 5.58 Å². The highest BCUT2D eigenvalue weighted by Crippen LogP contribution is 2.22. The molecule has 3 aromatic rings. The van der Waals surface area contributed by atoms with Gasteiger partial charge in [0.1, 0.15) is 5.52 Å². The number of nitro benzene ring substituents is 1. The van der Waals surface area contributed by atoms with Gasteiger partial charge >= 0.3 is 0 Å². The van der Waals surface area contributed by atoms with Gasteiger partial charge in [0, 0.05) is 17.7 Å². The molecule has 0 unspecified atom stereocenters. The molecule has 26 heavy (non-hydrogen) atoms. The number of oxazole rings is 1. The van der Waals surface area contributed by atoms with Crippen molar-refractivity contribution in [2.75, 3.05) is 5.75 Å². The third kappa shape index (κ3) is 4.25. The molecule has 1 heterocycles. The largest absolute Gasteiger partial charge is 0.431 e. The first-order valence-corrected chi connectivity index (χ1v) is 8.58. The fourth-order valence-electron chi connectivity index (χ4n) is 2.13. The van der Waals surface area contributed by atoms with Crippen LogP contribution in [0.15, 0.2) is 63.3 Å². The topological polar surface area (TPSA) is 111 Å². The van der Waals surface area contributed by atoms with E-state index in [-0.39, 0.29) is 17.3 Å². The van der Waals surface area contributed by atoms with Crippen molar-refractivity contribution < 1.29 is 14.1 Å². The Kier molecular flexibility index (Phi) is 5.28. The minimum atomic E-state index is -0.480. The quantitative estimate of drug-likeness (QED) is 0.308. The molecule has 0 saturated carbocycles. The summed E-state index contributed by atoms with van der Waals surface area (Å²) in [7, 11) is 0. The first-order chi connectivity index (χ1) is 12.5. The van der Waals surface area contributed by atoms with Gasteiger partial charge in [-0.3, -0.25) is 14.9 Å². The lowest BCUT2D eigenvalue weighted by molar-refractivity contribution is -0.384. The van der Waals surface area contributed by atoms with Gasteiger partial charge in [0.2, 0.25) is 0 Å². The maximum Gasteiger partial charge on any atom is 0.270 e. The van der Waals surface area contributed by atoms with Crippen LogP contribution in [0.3, 0.4) is 0 Å². The number of carbonyl (C=O) groups is 1. The summed E-state index contributed by atoms with van der Waals surface area (Å²) in [6, 6.07) is 13.4. The zero-order valence-corrected chi connectivity index (χ0v) is 14.5. The second-order valence-electron chi connectivity index (χ2n) is 5.28. The van der Waals surface area contributed by atoms with Gasteiger partial charge in [0.25, 0.3) is 16.8 Å². The minimum absolute atomic E-state index is 0.0325. The van der Waals surface area contributed by atoms with Crippen molar-refractivity contribution in [1.82, 2.24) is 10.4 Å². The van der Waals surface area contributed by atoms with Crippen LogP contribution in [0, 0.1) is 10.1 Å². The van der Waals surface area contributed by atoms with Gasteiger partial charge in [-0.05, 0) is 19.1 Å². The molecule has 0 aliphatic heterocycles. The molecular weight excluding hydrogens is 356 g/mol. The van der Waals surface area contributed by atoms with Crippen molar-refractivity contribution >= 4 is 40.2 Å². The number of hydrogen-bond donors (Lipinski definition) is 1. The average Bonchev–Trinajstić information content (AvgIpc) is 3.07. The molecule has 2 aromatic carbocycles. The highest BCUT2D eigenvalue weighted by atomic mass is 32.2. The summed E-state index contributed by atoms with van der Waals surface area (Å²) in [5.41, 5.74) is 4.81. The Balaban J connectivity index is 1.58. The lowest BCUT2D eigenvalue weighted by Crippen LogP contribution is -2.21. The summed E-state index contributed by atoms with van der Waals surface area (Å²) in [5.74, 6) is -0.250. The van der Waals surface area contributed by atoms with Crippen LogP contribution in [0.1, 0.15) is 12.5 Å². The number of aromatic nitrogens is 1. The number of rotatable bonds is 6. The Morgan fingerprint density at radius 3 is 2.88 bits per heavy atom. The second kappa shape index (κ2) is 7.79. The van der Waals surface area contributed by atoms with Crippen LogP contribution < -0.4 is 5.43 Å². The molecule has 9 heteroatoms. The van der Waals surface area contributed by atoms with E-state index in [0.717, 1.165) is 17.3 Å². The number of amides is 1. The normalized spacial score (nSPS) is 11.5. The highest BCUT2D eigenvalue weighted by Gasteiger charge is 2.10. The number of nitro groups is 1. The summed E-state index contributed by atoms with van der Waals surface area (Å²) in [5, 5.41) is 15.2. The standard InChI is InChI=1S/C17H14N4O4S/c1-11(12-5-4-6-13(9-12)21(23)24)19-20-16(22)10-26-17-18-14-7-2-3-8-15(14)25-17/h2-9H,10H2,1H3,(H,20,22)/b19-11-. The molecule has 1 amide bonds. The van der Waals surface area contributed by atoms with Gasteiger partial charge < -0.3 is 4.42 Å². The third-order valence-electron chi connectivity index (χ3n) is 3.42. The number of hydrazone groups is 1. The molecule has 0 spiro atoms. The third-order valence-corrected chi connectivity index (χ3v) is 4.25. The molecule has 8 nitrogen and oxygen atoms in total. The molecule has 0 fully saturated rings. The molecular formula is C17H14N4O4S. The SMILES string of the molecule is C/C(=N/NC(=O)CSc1nc2ccccc2o1)c1cccc([N+](=O)[O-])c1. The molecule has 0 radical (unpaired) electrons. The zero-order valence-electron chi connectivity index (χ0n) is 13.7. The van der Waals surface area contributed by atoms with Gasteiger partial charge in [-0.25, -0.2) is 10.4 Å². The average molecular weight is 370 g/mol. The molecule has 132 valence electrons. The van der Waals surface area contributed by atoms with Gasteiger partial charge in [-0.2, -0.15) is 5.10 Å². The Bertz CT molecular complexity index is 966.